The van der Waals surface area contributed by atoms with Crippen molar-refractivity contribution in [1.29, 1.82) is 5.26 Å². The van der Waals surface area contributed by atoms with E-state index >= 15 is 0 Å². The first-order chi connectivity index (χ1) is 17.5. The van der Waals surface area contributed by atoms with E-state index in [2.05, 4.69) is 16.0 Å². The van der Waals surface area contributed by atoms with E-state index in [-0.39, 0.29) is 11.0 Å². The number of sulfonamides is 1. The number of ether oxygens (including phenoxy) is 1. The second-order valence-electron chi connectivity index (χ2n) is 9.17. The number of hydrogen-bond acceptors (Lipinski definition) is 8. The van der Waals surface area contributed by atoms with Gasteiger partial charge >= 0.3 is 0 Å². The van der Waals surface area contributed by atoms with Gasteiger partial charge in [0.15, 0.2) is 0 Å². The molecule has 0 saturated carbocycles. The summed E-state index contributed by atoms with van der Waals surface area (Å²) in [5, 5.41) is 10.2. The molecule has 0 aliphatic carbocycles. The molecular formula is C26H30N6O3S. The summed E-state index contributed by atoms with van der Waals surface area (Å²) in [6.07, 6.45) is 6.13. The Morgan fingerprint density at radius 3 is 2.61 bits per heavy atom. The van der Waals surface area contributed by atoms with Gasteiger partial charge in [0.25, 0.3) is 0 Å². The van der Waals surface area contributed by atoms with Crippen molar-refractivity contribution < 1.29 is 13.2 Å². The number of anilines is 2. The second kappa shape index (κ2) is 10.4. The minimum absolute atomic E-state index is 0.175. The maximum atomic E-state index is 14.0. The zero-order valence-corrected chi connectivity index (χ0v) is 21.2. The van der Waals surface area contributed by atoms with Gasteiger partial charge in [0.1, 0.15) is 16.8 Å². The van der Waals surface area contributed by atoms with E-state index in [1.165, 1.54) is 4.31 Å². The van der Waals surface area contributed by atoms with Gasteiger partial charge < -0.3 is 14.5 Å². The molecule has 10 heteroatoms. The molecule has 1 aromatic carbocycles. The van der Waals surface area contributed by atoms with Crippen LogP contribution in [0.3, 0.4) is 0 Å². The van der Waals surface area contributed by atoms with Crippen molar-refractivity contribution in [2.24, 2.45) is 0 Å². The third kappa shape index (κ3) is 4.74. The Morgan fingerprint density at radius 2 is 1.83 bits per heavy atom. The van der Waals surface area contributed by atoms with Gasteiger partial charge in [-0.15, -0.1) is 0 Å². The number of benzene rings is 1. The molecule has 2 aliphatic rings. The number of pyridine rings is 2. The molecule has 36 heavy (non-hydrogen) atoms. The van der Waals surface area contributed by atoms with E-state index in [4.69, 9.17) is 9.72 Å². The largest absolute Gasteiger partial charge is 0.381 e. The lowest BCUT2D eigenvalue weighted by atomic mass is 10.2. The number of nitrogens with zero attached hydrogens (tertiary/aromatic N) is 6. The zero-order valence-electron chi connectivity index (χ0n) is 20.4. The Morgan fingerprint density at radius 1 is 1.03 bits per heavy atom. The van der Waals surface area contributed by atoms with Gasteiger partial charge in [-0.05, 0) is 37.5 Å². The van der Waals surface area contributed by atoms with E-state index in [9.17, 15) is 13.7 Å². The maximum Gasteiger partial charge on any atom is 0.246 e. The van der Waals surface area contributed by atoms with Crippen LogP contribution in [-0.4, -0.2) is 75.2 Å². The molecule has 2 aromatic heterocycles. The molecule has 3 aromatic rings. The van der Waals surface area contributed by atoms with Crippen molar-refractivity contribution in [3.05, 3.63) is 54.4 Å². The lowest BCUT2D eigenvalue weighted by molar-refractivity contribution is 0.0931. The number of nitriles is 1. The normalized spacial score (nSPS) is 19.7. The van der Waals surface area contributed by atoms with Gasteiger partial charge in [-0.3, -0.25) is 4.98 Å². The Labute approximate surface area is 212 Å². The van der Waals surface area contributed by atoms with Gasteiger partial charge in [0.2, 0.25) is 10.0 Å². The SMILES string of the molecule is COC1CCCN(c2nc3ccccc3cc2S(=O)(=O)N2CCN(c3cnccc3C#N)CC2)CC1. The van der Waals surface area contributed by atoms with Crippen molar-refractivity contribution in [3.63, 3.8) is 0 Å². The summed E-state index contributed by atoms with van der Waals surface area (Å²) < 4.78 is 35.2. The summed E-state index contributed by atoms with van der Waals surface area (Å²) in [6, 6.07) is 13.3. The highest BCUT2D eigenvalue weighted by Gasteiger charge is 2.34. The minimum Gasteiger partial charge on any atom is -0.381 e. The topological polar surface area (TPSA) is 103 Å². The number of hydrogen-bond donors (Lipinski definition) is 0. The van der Waals surface area contributed by atoms with E-state index in [0.717, 1.165) is 42.4 Å². The van der Waals surface area contributed by atoms with Crippen LogP contribution in [0.2, 0.25) is 0 Å². The quantitative estimate of drug-likeness (QED) is 0.520. The number of para-hydroxylation sites is 1. The smallest absolute Gasteiger partial charge is 0.246 e. The minimum atomic E-state index is -3.80. The number of rotatable bonds is 5. The molecule has 1 atom stereocenters. The molecule has 2 fully saturated rings. The van der Waals surface area contributed by atoms with Crippen LogP contribution < -0.4 is 9.80 Å². The summed E-state index contributed by atoms with van der Waals surface area (Å²) in [6.45, 7) is 3.03. The molecule has 0 bridgehead atoms. The zero-order chi connectivity index (χ0) is 25.1. The number of fused-ring (bicyclic) bond motifs is 1. The first-order valence-electron chi connectivity index (χ1n) is 12.3. The maximum absolute atomic E-state index is 14.0. The molecule has 0 N–H and O–H groups in total. The Balaban J connectivity index is 1.45. The molecule has 5 rings (SSSR count). The van der Waals surface area contributed by atoms with Crippen LogP contribution in [0, 0.1) is 11.3 Å². The summed E-state index contributed by atoms with van der Waals surface area (Å²) in [5.74, 6) is 0.520. The van der Waals surface area contributed by atoms with Gasteiger partial charge in [0.05, 0.1) is 29.1 Å². The molecule has 0 amide bonds. The molecular weight excluding hydrogens is 476 g/mol. The molecule has 0 spiro atoms. The van der Waals surface area contributed by atoms with Gasteiger partial charge in [-0.2, -0.15) is 9.57 Å². The molecule has 1 unspecified atom stereocenters. The predicted octanol–water partition coefficient (Wildman–Crippen LogP) is 3.02. The van der Waals surface area contributed by atoms with Crippen LogP contribution in [0.1, 0.15) is 24.8 Å². The Hall–Kier alpha value is -3.26. The monoisotopic (exact) mass is 506 g/mol. The Kier molecular flexibility index (Phi) is 7.05. The van der Waals surface area contributed by atoms with Crippen molar-refractivity contribution in [2.45, 2.75) is 30.3 Å². The fourth-order valence-corrected chi connectivity index (χ4v) is 6.66. The first-order valence-corrected chi connectivity index (χ1v) is 13.7. The third-order valence-electron chi connectivity index (χ3n) is 7.10. The van der Waals surface area contributed by atoms with E-state index in [0.29, 0.717) is 44.1 Å². The Bertz CT molecular complexity index is 1380. The lowest BCUT2D eigenvalue weighted by Gasteiger charge is -2.36. The molecule has 2 aliphatic heterocycles. The average molecular weight is 507 g/mol. The fourth-order valence-electron chi connectivity index (χ4n) is 5.06. The summed E-state index contributed by atoms with van der Waals surface area (Å²) in [7, 11) is -2.06. The molecule has 0 radical (unpaired) electrons. The first kappa shape index (κ1) is 24.4. The van der Waals surface area contributed by atoms with Gasteiger partial charge in [0, 0.05) is 58.0 Å². The van der Waals surface area contributed by atoms with E-state index in [1.54, 1.807) is 31.6 Å². The molecule has 2 saturated heterocycles. The number of piperazine rings is 1. The molecule has 188 valence electrons. The van der Waals surface area contributed by atoms with E-state index < -0.39 is 10.0 Å². The van der Waals surface area contributed by atoms with E-state index in [1.807, 2.05) is 29.2 Å². The third-order valence-corrected chi connectivity index (χ3v) is 9.00. The highest BCUT2D eigenvalue weighted by molar-refractivity contribution is 7.89. The molecule has 9 nitrogen and oxygen atoms in total. The predicted molar refractivity (Wildman–Crippen MR) is 139 cm³/mol. The molecule has 4 heterocycles. The summed E-state index contributed by atoms with van der Waals surface area (Å²) in [4.78, 5) is 13.4. The number of aromatic nitrogens is 2. The van der Waals surface area contributed by atoms with Crippen LogP contribution >= 0.6 is 0 Å². The van der Waals surface area contributed by atoms with Crippen LogP contribution in [0.15, 0.2) is 53.7 Å². The summed E-state index contributed by atoms with van der Waals surface area (Å²) in [5.41, 5.74) is 2.06. The summed E-state index contributed by atoms with van der Waals surface area (Å²) >= 11 is 0. The van der Waals surface area contributed by atoms with Crippen molar-refractivity contribution >= 4 is 32.4 Å². The van der Waals surface area contributed by atoms with Crippen LogP contribution in [-0.2, 0) is 14.8 Å². The van der Waals surface area contributed by atoms with Gasteiger partial charge in [-0.1, -0.05) is 18.2 Å². The lowest BCUT2D eigenvalue weighted by Crippen LogP contribution is -2.49. The van der Waals surface area contributed by atoms with Crippen LogP contribution in [0.5, 0.6) is 0 Å². The van der Waals surface area contributed by atoms with Crippen LogP contribution in [0.25, 0.3) is 10.9 Å². The van der Waals surface area contributed by atoms with Crippen molar-refractivity contribution in [1.82, 2.24) is 14.3 Å². The second-order valence-corrected chi connectivity index (χ2v) is 11.1. The van der Waals surface area contributed by atoms with Crippen molar-refractivity contribution in [3.8, 4) is 6.07 Å². The number of methoxy groups -OCH3 is 1. The van der Waals surface area contributed by atoms with Crippen LogP contribution in [0.4, 0.5) is 11.5 Å². The fraction of sp³-hybridized carbons (Fsp3) is 0.423. The standard InChI is InChI=1S/C26H30N6O3S/c1-35-22-6-4-11-31(12-9-22)26-25(17-20-5-2-3-7-23(20)29-26)36(33,34)32-15-13-30(14-16-32)24-19-28-10-8-21(24)18-27/h2-3,5,7-8,10,17,19,22H,4,6,9,11-16H2,1H3. The average Bonchev–Trinajstić information content (AvgIpc) is 3.18. The van der Waals surface area contributed by atoms with Gasteiger partial charge in [-0.25, -0.2) is 13.4 Å². The van der Waals surface area contributed by atoms with Crippen molar-refractivity contribution in [2.75, 3.05) is 56.2 Å². The highest BCUT2D eigenvalue weighted by Crippen LogP contribution is 2.32. The highest BCUT2D eigenvalue weighted by atomic mass is 32.2.